The van der Waals surface area contributed by atoms with E-state index >= 15 is 0 Å². The third-order valence-electron chi connectivity index (χ3n) is 2.26. The highest BCUT2D eigenvalue weighted by Crippen LogP contribution is 2.11. The number of benzene rings is 1. The van der Waals surface area contributed by atoms with Gasteiger partial charge in [-0.05, 0) is 46.7 Å². The summed E-state index contributed by atoms with van der Waals surface area (Å²) in [4.78, 5) is 0. The summed E-state index contributed by atoms with van der Waals surface area (Å²) in [5.74, 6) is 0.458. The van der Waals surface area contributed by atoms with Crippen molar-refractivity contribution in [2.45, 2.75) is 6.92 Å². The van der Waals surface area contributed by atoms with Crippen molar-refractivity contribution < 1.29 is 4.39 Å². The van der Waals surface area contributed by atoms with E-state index in [0.29, 0.717) is 11.4 Å². The van der Waals surface area contributed by atoms with Gasteiger partial charge in [-0.1, -0.05) is 12.1 Å². The number of nitrogens with zero attached hydrogens (tertiary/aromatic N) is 4. The fourth-order valence-corrected chi connectivity index (χ4v) is 1.32. The molecule has 0 unspecified atom stereocenters. The fraction of sp³-hybridized carbons (Fsp3) is 0.182. The maximum absolute atomic E-state index is 13.0. The summed E-state index contributed by atoms with van der Waals surface area (Å²) in [5.41, 5.74) is 1.54. The molecule has 1 aromatic carbocycles. The number of hydrogen-bond acceptors (Lipinski definition) is 3. The van der Waals surface area contributed by atoms with Gasteiger partial charge in [0.1, 0.15) is 5.82 Å². The summed E-state index contributed by atoms with van der Waals surface area (Å²) in [6, 6.07) is 4.93. The lowest BCUT2D eigenvalue weighted by molar-refractivity contribution is 0.618. The van der Waals surface area contributed by atoms with Crippen LogP contribution in [-0.2, 0) is 7.05 Å². The molecular formula is C11H11FN4. The maximum atomic E-state index is 13.0. The van der Waals surface area contributed by atoms with E-state index < -0.39 is 0 Å². The number of rotatable bonds is 2. The zero-order valence-electron chi connectivity index (χ0n) is 9.05. The van der Waals surface area contributed by atoms with Crippen molar-refractivity contribution in [3.05, 3.63) is 41.0 Å². The molecule has 0 saturated carbocycles. The Hall–Kier alpha value is -2.04. The van der Waals surface area contributed by atoms with E-state index in [1.165, 1.54) is 6.07 Å². The van der Waals surface area contributed by atoms with Crippen molar-refractivity contribution in [1.82, 2.24) is 20.2 Å². The van der Waals surface area contributed by atoms with Crippen LogP contribution in [0.5, 0.6) is 0 Å². The van der Waals surface area contributed by atoms with Crippen LogP contribution in [0.4, 0.5) is 4.39 Å². The number of aryl methyl sites for hydroxylation is 2. The minimum absolute atomic E-state index is 0.197. The maximum Gasteiger partial charge on any atom is 0.174 e. The first kappa shape index (κ1) is 10.5. The van der Waals surface area contributed by atoms with Gasteiger partial charge in [0.05, 0.1) is 0 Å². The first-order valence-corrected chi connectivity index (χ1v) is 4.83. The quantitative estimate of drug-likeness (QED) is 0.772. The van der Waals surface area contributed by atoms with E-state index in [2.05, 4.69) is 15.5 Å². The Morgan fingerprint density at radius 2 is 2.12 bits per heavy atom. The molecule has 0 fully saturated rings. The van der Waals surface area contributed by atoms with Gasteiger partial charge in [-0.15, -0.1) is 5.10 Å². The summed E-state index contributed by atoms with van der Waals surface area (Å²) in [5, 5.41) is 11.0. The minimum atomic E-state index is -0.197. The summed E-state index contributed by atoms with van der Waals surface area (Å²) in [6.45, 7) is 1.73. The van der Waals surface area contributed by atoms with Crippen molar-refractivity contribution in [1.29, 1.82) is 0 Å². The van der Waals surface area contributed by atoms with E-state index in [4.69, 9.17) is 0 Å². The molecule has 0 atom stereocenters. The molecule has 16 heavy (non-hydrogen) atoms. The van der Waals surface area contributed by atoms with Gasteiger partial charge < -0.3 is 0 Å². The second-order valence-corrected chi connectivity index (χ2v) is 3.50. The number of tetrazole rings is 1. The molecule has 0 aliphatic heterocycles. The van der Waals surface area contributed by atoms with E-state index in [0.717, 1.165) is 5.56 Å². The average molecular weight is 218 g/mol. The van der Waals surface area contributed by atoms with Gasteiger partial charge in [0.2, 0.25) is 0 Å². The molecule has 0 bridgehead atoms. The molecule has 2 rings (SSSR count). The van der Waals surface area contributed by atoms with Crippen molar-refractivity contribution in [2.24, 2.45) is 7.05 Å². The fourth-order valence-electron chi connectivity index (χ4n) is 1.32. The smallest absolute Gasteiger partial charge is 0.174 e. The zero-order chi connectivity index (χ0) is 11.5. The van der Waals surface area contributed by atoms with Gasteiger partial charge >= 0.3 is 0 Å². The van der Waals surface area contributed by atoms with E-state index in [9.17, 15) is 4.39 Å². The zero-order valence-corrected chi connectivity index (χ0v) is 9.05. The molecule has 4 nitrogen and oxygen atoms in total. The Kier molecular flexibility index (Phi) is 2.76. The molecule has 0 amide bonds. The summed E-state index contributed by atoms with van der Waals surface area (Å²) in [6.07, 6.45) is 3.63. The molecule has 2 aromatic rings. The molecule has 1 aromatic heterocycles. The lowest BCUT2D eigenvalue weighted by Crippen LogP contribution is -1.93. The van der Waals surface area contributed by atoms with Crippen molar-refractivity contribution in [3.63, 3.8) is 0 Å². The number of halogens is 1. The predicted octanol–water partition coefficient (Wildman–Crippen LogP) is 1.83. The molecule has 5 heteroatoms. The van der Waals surface area contributed by atoms with Gasteiger partial charge in [0.25, 0.3) is 0 Å². The topological polar surface area (TPSA) is 43.6 Å². The van der Waals surface area contributed by atoms with Crippen LogP contribution in [0.25, 0.3) is 12.2 Å². The second kappa shape index (κ2) is 4.22. The van der Waals surface area contributed by atoms with Crippen LogP contribution in [0.2, 0.25) is 0 Å². The van der Waals surface area contributed by atoms with Crippen LogP contribution in [0, 0.1) is 12.7 Å². The molecule has 0 aliphatic carbocycles. The highest BCUT2D eigenvalue weighted by Gasteiger charge is 1.98. The SMILES string of the molecule is Cc1cc(/C=C/c2nnnn2C)ccc1F. The first-order chi connectivity index (χ1) is 7.66. The monoisotopic (exact) mass is 218 g/mol. The van der Waals surface area contributed by atoms with Crippen LogP contribution in [0.3, 0.4) is 0 Å². The minimum Gasteiger partial charge on any atom is -0.229 e. The van der Waals surface area contributed by atoms with E-state index in [1.807, 2.05) is 6.08 Å². The van der Waals surface area contributed by atoms with Gasteiger partial charge in [0.15, 0.2) is 5.82 Å². The van der Waals surface area contributed by atoms with Crippen LogP contribution in [0.15, 0.2) is 18.2 Å². The Balaban J connectivity index is 2.24. The van der Waals surface area contributed by atoms with Crippen LogP contribution < -0.4 is 0 Å². The molecule has 0 spiro atoms. The predicted molar refractivity (Wildman–Crippen MR) is 58.9 cm³/mol. The normalized spacial score (nSPS) is 11.2. The van der Waals surface area contributed by atoms with Crippen LogP contribution in [-0.4, -0.2) is 20.2 Å². The Bertz CT molecular complexity index is 531. The molecule has 0 aliphatic rings. The Morgan fingerprint density at radius 3 is 2.75 bits per heavy atom. The number of aromatic nitrogens is 4. The highest BCUT2D eigenvalue weighted by atomic mass is 19.1. The molecule has 82 valence electrons. The van der Waals surface area contributed by atoms with Crippen molar-refractivity contribution >= 4 is 12.2 Å². The summed E-state index contributed by atoms with van der Waals surface area (Å²) >= 11 is 0. The Morgan fingerprint density at radius 1 is 1.31 bits per heavy atom. The molecule has 0 radical (unpaired) electrons. The van der Waals surface area contributed by atoms with Gasteiger partial charge in [-0.3, -0.25) is 0 Å². The lowest BCUT2D eigenvalue weighted by Gasteiger charge is -1.97. The second-order valence-electron chi connectivity index (χ2n) is 3.50. The molecule has 0 N–H and O–H groups in total. The molecule has 0 saturated heterocycles. The average Bonchev–Trinajstić information content (AvgIpc) is 2.66. The lowest BCUT2D eigenvalue weighted by atomic mass is 10.1. The van der Waals surface area contributed by atoms with E-state index in [1.54, 1.807) is 36.9 Å². The molecular weight excluding hydrogens is 207 g/mol. The largest absolute Gasteiger partial charge is 0.229 e. The van der Waals surface area contributed by atoms with E-state index in [-0.39, 0.29) is 5.82 Å². The number of hydrogen-bond donors (Lipinski definition) is 0. The third kappa shape index (κ3) is 2.13. The van der Waals surface area contributed by atoms with Crippen molar-refractivity contribution in [2.75, 3.05) is 0 Å². The first-order valence-electron chi connectivity index (χ1n) is 4.83. The van der Waals surface area contributed by atoms with Gasteiger partial charge in [-0.2, -0.15) is 0 Å². The highest BCUT2D eigenvalue weighted by molar-refractivity contribution is 5.66. The Labute approximate surface area is 92.4 Å². The standard InChI is InChI=1S/C11H11FN4/c1-8-7-9(3-5-10(8)12)4-6-11-13-14-15-16(11)2/h3-7H,1-2H3/b6-4+. The molecule has 1 heterocycles. The summed E-state index contributed by atoms with van der Waals surface area (Å²) in [7, 11) is 1.76. The van der Waals surface area contributed by atoms with Crippen LogP contribution >= 0.6 is 0 Å². The van der Waals surface area contributed by atoms with Gasteiger partial charge in [-0.25, -0.2) is 9.07 Å². The van der Waals surface area contributed by atoms with Crippen LogP contribution in [0.1, 0.15) is 17.0 Å². The third-order valence-corrected chi connectivity index (χ3v) is 2.26. The van der Waals surface area contributed by atoms with Gasteiger partial charge in [0, 0.05) is 7.05 Å². The van der Waals surface area contributed by atoms with Crippen molar-refractivity contribution in [3.8, 4) is 0 Å². The summed E-state index contributed by atoms with van der Waals surface area (Å²) < 4.78 is 14.6.